The molecule has 1 nitrogen and oxygen atoms in total. The highest BCUT2D eigenvalue weighted by Crippen LogP contribution is 2.23. The topological polar surface area (TPSA) is 3.24 Å². The smallest absolute Gasteiger partial charge is 0.0195 e. The monoisotopic (exact) mass is 345 g/mol. The molecule has 20 heavy (non-hydrogen) atoms. The van der Waals surface area contributed by atoms with E-state index in [2.05, 4.69) is 34.7 Å². The standard InChI is InChI=1S/C18H36BrN/c1-3-4-5-6-7-8-9-10-11-12-14-20-15-13-18(19)17(2)16-20/h17-18H,3-16H2,1-2H3. The molecule has 0 saturated carbocycles. The summed E-state index contributed by atoms with van der Waals surface area (Å²) < 4.78 is 0. The maximum atomic E-state index is 3.79. The first-order valence-corrected chi connectivity index (χ1v) is 10.0. The minimum absolute atomic E-state index is 0.756. The fourth-order valence-corrected chi connectivity index (χ4v) is 3.60. The SMILES string of the molecule is CCCCCCCCCCCCN1CCC(Br)C(C)C1. The molecule has 0 aromatic carbocycles. The van der Waals surface area contributed by atoms with Crippen molar-refractivity contribution >= 4 is 15.9 Å². The van der Waals surface area contributed by atoms with Crippen molar-refractivity contribution in [2.45, 2.75) is 89.3 Å². The fraction of sp³-hybridized carbons (Fsp3) is 1.00. The molecule has 2 atom stereocenters. The van der Waals surface area contributed by atoms with E-state index in [1.165, 1.54) is 90.3 Å². The van der Waals surface area contributed by atoms with Crippen LogP contribution in [0.2, 0.25) is 0 Å². The number of piperidine rings is 1. The van der Waals surface area contributed by atoms with Crippen molar-refractivity contribution in [1.82, 2.24) is 4.90 Å². The molecular formula is C18H36BrN. The summed E-state index contributed by atoms with van der Waals surface area (Å²) in [7, 11) is 0. The lowest BCUT2D eigenvalue weighted by molar-refractivity contribution is 0.187. The second-order valence-electron chi connectivity index (χ2n) is 6.76. The molecule has 1 aliphatic rings. The van der Waals surface area contributed by atoms with E-state index in [9.17, 15) is 0 Å². The zero-order valence-electron chi connectivity index (χ0n) is 13.9. The lowest BCUT2D eigenvalue weighted by atomic mass is 9.99. The van der Waals surface area contributed by atoms with Gasteiger partial charge in [-0.3, -0.25) is 0 Å². The van der Waals surface area contributed by atoms with Crippen molar-refractivity contribution in [3.63, 3.8) is 0 Å². The first-order valence-electron chi connectivity index (χ1n) is 9.10. The average molecular weight is 346 g/mol. The Balaban J connectivity index is 1.83. The Bertz CT molecular complexity index is 219. The van der Waals surface area contributed by atoms with Crippen LogP contribution in [0.5, 0.6) is 0 Å². The number of alkyl halides is 1. The van der Waals surface area contributed by atoms with Gasteiger partial charge in [-0.15, -0.1) is 0 Å². The zero-order chi connectivity index (χ0) is 14.6. The summed E-state index contributed by atoms with van der Waals surface area (Å²) in [5.41, 5.74) is 0. The van der Waals surface area contributed by atoms with Crippen molar-refractivity contribution < 1.29 is 0 Å². The molecule has 2 unspecified atom stereocenters. The van der Waals surface area contributed by atoms with Gasteiger partial charge in [0.15, 0.2) is 0 Å². The van der Waals surface area contributed by atoms with Gasteiger partial charge in [-0.25, -0.2) is 0 Å². The van der Waals surface area contributed by atoms with E-state index < -0.39 is 0 Å². The van der Waals surface area contributed by atoms with E-state index in [1.54, 1.807) is 0 Å². The van der Waals surface area contributed by atoms with E-state index in [1.807, 2.05) is 0 Å². The Morgan fingerprint density at radius 1 is 0.900 bits per heavy atom. The molecule has 2 heteroatoms. The van der Waals surface area contributed by atoms with Gasteiger partial charge in [-0.1, -0.05) is 87.6 Å². The van der Waals surface area contributed by atoms with Gasteiger partial charge >= 0.3 is 0 Å². The largest absolute Gasteiger partial charge is 0.303 e. The van der Waals surface area contributed by atoms with Crippen molar-refractivity contribution in [2.75, 3.05) is 19.6 Å². The van der Waals surface area contributed by atoms with Crippen LogP contribution >= 0.6 is 15.9 Å². The highest BCUT2D eigenvalue weighted by atomic mass is 79.9. The lowest BCUT2D eigenvalue weighted by Crippen LogP contribution is -2.40. The minimum Gasteiger partial charge on any atom is -0.303 e. The summed E-state index contributed by atoms with van der Waals surface area (Å²) >= 11 is 3.79. The van der Waals surface area contributed by atoms with Gasteiger partial charge < -0.3 is 4.90 Å². The summed E-state index contributed by atoms with van der Waals surface area (Å²) in [5.74, 6) is 0.826. The van der Waals surface area contributed by atoms with Gasteiger partial charge in [0.25, 0.3) is 0 Å². The molecule has 0 amide bonds. The zero-order valence-corrected chi connectivity index (χ0v) is 15.5. The first kappa shape index (κ1) is 18.5. The third kappa shape index (κ3) is 8.67. The molecule has 1 saturated heterocycles. The molecule has 0 aliphatic carbocycles. The van der Waals surface area contributed by atoms with E-state index in [0.29, 0.717) is 0 Å². The predicted octanol–water partition coefficient (Wildman–Crippen LogP) is 6.01. The molecule has 0 bridgehead atoms. The number of nitrogens with zero attached hydrogens (tertiary/aromatic N) is 1. The third-order valence-corrected chi connectivity index (χ3v) is 6.07. The molecule has 1 fully saturated rings. The number of likely N-dealkylation sites (tertiary alicyclic amines) is 1. The van der Waals surface area contributed by atoms with Crippen LogP contribution in [0.4, 0.5) is 0 Å². The van der Waals surface area contributed by atoms with Gasteiger partial charge in [-0.05, 0) is 31.8 Å². The van der Waals surface area contributed by atoms with Crippen molar-refractivity contribution in [3.8, 4) is 0 Å². The quantitative estimate of drug-likeness (QED) is 0.327. The molecule has 1 heterocycles. The minimum atomic E-state index is 0.756. The van der Waals surface area contributed by atoms with Crippen LogP contribution in [0.3, 0.4) is 0 Å². The van der Waals surface area contributed by atoms with Crippen LogP contribution in [0.15, 0.2) is 0 Å². The van der Waals surface area contributed by atoms with Crippen molar-refractivity contribution in [2.24, 2.45) is 5.92 Å². The summed E-state index contributed by atoms with van der Waals surface area (Å²) in [6, 6.07) is 0. The summed E-state index contributed by atoms with van der Waals surface area (Å²) in [4.78, 5) is 3.43. The van der Waals surface area contributed by atoms with Gasteiger partial charge in [0, 0.05) is 11.4 Å². The summed E-state index contributed by atoms with van der Waals surface area (Å²) in [6.45, 7) is 8.61. The average Bonchev–Trinajstić information content (AvgIpc) is 2.45. The van der Waals surface area contributed by atoms with Gasteiger partial charge in [0.05, 0.1) is 0 Å². The van der Waals surface area contributed by atoms with E-state index in [-0.39, 0.29) is 0 Å². The summed E-state index contributed by atoms with van der Waals surface area (Å²) in [5, 5.41) is 0. The molecular weight excluding hydrogens is 310 g/mol. The van der Waals surface area contributed by atoms with Crippen LogP contribution in [0.25, 0.3) is 0 Å². The molecule has 0 N–H and O–H groups in total. The second-order valence-corrected chi connectivity index (χ2v) is 7.94. The lowest BCUT2D eigenvalue weighted by Gasteiger charge is -2.34. The Morgan fingerprint density at radius 3 is 2.00 bits per heavy atom. The van der Waals surface area contributed by atoms with E-state index in [0.717, 1.165) is 10.7 Å². The van der Waals surface area contributed by atoms with Gasteiger partial charge in [0.2, 0.25) is 0 Å². The highest BCUT2D eigenvalue weighted by molar-refractivity contribution is 9.09. The van der Waals surface area contributed by atoms with E-state index >= 15 is 0 Å². The van der Waals surface area contributed by atoms with Crippen LogP contribution in [-0.4, -0.2) is 29.4 Å². The number of rotatable bonds is 11. The maximum Gasteiger partial charge on any atom is 0.0195 e. The Hall–Kier alpha value is 0.440. The van der Waals surface area contributed by atoms with Crippen LogP contribution in [0.1, 0.15) is 84.5 Å². The van der Waals surface area contributed by atoms with Gasteiger partial charge in [-0.2, -0.15) is 0 Å². The number of hydrogen-bond acceptors (Lipinski definition) is 1. The Kier molecular flexibility index (Phi) is 11.1. The molecule has 0 aromatic rings. The number of hydrogen-bond donors (Lipinski definition) is 0. The molecule has 120 valence electrons. The van der Waals surface area contributed by atoms with Crippen molar-refractivity contribution in [1.29, 1.82) is 0 Å². The van der Waals surface area contributed by atoms with Crippen LogP contribution < -0.4 is 0 Å². The maximum absolute atomic E-state index is 3.79. The molecule has 1 aliphatic heterocycles. The second kappa shape index (κ2) is 12.0. The Labute approximate surface area is 136 Å². The Morgan fingerprint density at radius 2 is 1.45 bits per heavy atom. The molecule has 0 radical (unpaired) electrons. The van der Waals surface area contributed by atoms with Crippen LogP contribution in [0, 0.1) is 5.92 Å². The molecule has 0 spiro atoms. The number of unbranched alkanes of at least 4 members (excludes halogenated alkanes) is 9. The predicted molar refractivity (Wildman–Crippen MR) is 94.8 cm³/mol. The van der Waals surface area contributed by atoms with Crippen molar-refractivity contribution in [3.05, 3.63) is 0 Å². The molecule has 1 rings (SSSR count). The van der Waals surface area contributed by atoms with E-state index in [4.69, 9.17) is 0 Å². The van der Waals surface area contributed by atoms with Crippen LogP contribution in [-0.2, 0) is 0 Å². The van der Waals surface area contributed by atoms with Gasteiger partial charge in [0.1, 0.15) is 0 Å². The normalized spacial score (nSPS) is 24.1. The fourth-order valence-electron chi connectivity index (χ4n) is 3.23. The third-order valence-electron chi connectivity index (χ3n) is 4.71. The first-order chi connectivity index (χ1) is 9.74. The number of halogens is 1. The summed E-state index contributed by atoms with van der Waals surface area (Å²) in [6.07, 6.45) is 15.8. The highest BCUT2D eigenvalue weighted by Gasteiger charge is 2.23. The molecule has 0 aromatic heterocycles.